The van der Waals surface area contributed by atoms with E-state index in [2.05, 4.69) is 0 Å². The van der Waals surface area contributed by atoms with Gasteiger partial charge in [-0.25, -0.2) is 9.59 Å². The van der Waals surface area contributed by atoms with Crippen LogP contribution >= 0.6 is 0 Å². The topological polar surface area (TPSA) is 113 Å². The molecule has 0 amide bonds. The fourth-order valence-electron chi connectivity index (χ4n) is 1.91. The van der Waals surface area contributed by atoms with Gasteiger partial charge in [0.05, 0.1) is 12.2 Å². The Morgan fingerprint density at radius 1 is 1.00 bits per heavy atom. The number of rotatable bonds is 6. The molecule has 2 aromatic rings. The molecule has 7 heteroatoms. The Labute approximate surface area is 131 Å². The van der Waals surface area contributed by atoms with Crippen LogP contribution in [0.2, 0.25) is 0 Å². The van der Waals surface area contributed by atoms with Crippen LogP contribution in [0.1, 0.15) is 27.6 Å². The van der Waals surface area contributed by atoms with Crippen LogP contribution in [0.15, 0.2) is 36.4 Å². The molecule has 23 heavy (non-hydrogen) atoms. The molecule has 1 radical (unpaired) electrons. The zero-order chi connectivity index (χ0) is 17.0. The summed E-state index contributed by atoms with van der Waals surface area (Å²) in [4.78, 5) is 22.0. The van der Waals surface area contributed by atoms with E-state index in [4.69, 9.17) is 19.7 Å². The third-order valence-electron chi connectivity index (χ3n) is 2.91. The Bertz CT molecular complexity index is 735. The Morgan fingerprint density at radius 3 is 2.17 bits per heavy atom. The molecular weight excluding hydrogens is 304 g/mol. The van der Waals surface area contributed by atoms with E-state index in [0.29, 0.717) is 0 Å². The molecule has 0 aliphatic heterocycles. The van der Waals surface area contributed by atoms with Crippen molar-refractivity contribution < 1.29 is 34.4 Å². The Kier molecular flexibility index (Phi) is 4.70. The van der Waals surface area contributed by atoms with Crippen LogP contribution in [0.4, 0.5) is 0 Å². The van der Waals surface area contributed by atoms with E-state index in [1.165, 1.54) is 30.3 Å². The molecule has 0 unspecified atom stereocenters. The van der Waals surface area contributed by atoms with Crippen molar-refractivity contribution in [1.82, 2.24) is 0 Å². The quantitative estimate of drug-likeness (QED) is 0.844. The summed E-state index contributed by atoms with van der Waals surface area (Å²) in [6.45, 7) is 1.80. The summed E-state index contributed by atoms with van der Waals surface area (Å²) in [5.74, 6) is -2.98. The van der Waals surface area contributed by atoms with E-state index in [1.54, 1.807) is 6.92 Å². The van der Waals surface area contributed by atoms with Crippen molar-refractivity contribution in [2.45, 2.75) is 6.92 Å². The molecule has 0 atom stereocenters. The van der Waals surface area contributed by atoms with Gasteiger partial charge in [0.2, 0.25) is 0 Å². The predicted molar refractivity (Wildman–Crippen MR) is 78.2 cm³/mol. The minimum atomic E-state index is -1.41. The minimum absolute atomic E-state index is 0.0620. The van der Waals surface area contributed by atoms with Gasteiger partial charge in [0.1, 0.15) is 5.75 Å². The highest BCUT2D eigenvalue weighted by atomic mass is 16.5. The highest BCUT2D eigenvalue weighted by Gasteiger charge is 2.23. The van der Waals surface area contributed by atoms with Crippen molar-refractivity contribution in [3.63, 3.8) is 0 Å². The summed E-state index contributed by atoms with van der Waals surface area (Å²) in [6, 6.07) is 7.92. The second-order valence-electron chi connectivity index (χ2n) is 4.44. The standard InChI is InChI=1S/C16H13O7/c1-2-22-14-12(8-7-11(17)13(14)16(20)21)23-10-5-3-9(4-6-10)15(18)19/h3-8H,2H2,1H3,(H,18,19)(H,20,21). The largest absolute Gasteiger partial charge is 0.489 e. The number of hydrogen-bond acceptors (Lipinski definition) is 4. The van der Waals surface area contributed by atoms with Crippen molar-refractivity contribution >= 4 is 11.9 Å². The zero-order valence-corrected chi connectivity index (χ0v) is 12.1. The lowest BCUT2D eigenvalue weighted by Crippen LogP contribution is -2.05. The van der Waals surface area contributed by atoms with Gasteiger partial charge in [0, 0.05) is 0 Å². The van der Waals surface area contributed by atoms with E-state index in [1.807, 2.05) is 0 Å². The molecule has 0 aromatic heterocycles. The van der Waals surface area contributed by atoms with Crippen LogP contribution in [-0.2, 0) is 5.11 Å². The molecule has 7 nitrogen and oxygen atoms in total. The van der Waals surface area contributed by atoms with Gasteiger partial charge in [-0.3, -0.25) is 5.11 Å². The van der Waals surface area contributed by atoms with E-state index < -0.39 is 23.3 Å². The number of aromatic carboxylic acids is 2. The highest BCUT2D eigenvalue weighted by molar-refractivity contribution is 5.95. The van der Waals surface area contributed by atoms with Gasteiger partial charge in [-0.05, 0) is 43.3 Å². The number of carbonyl (C=O) groups is 2. The zero-order valence-electron chi connectivity index (χ0n) is 12.1. The fourth-order valence-corrected chi connectivity index (χ4v) is 1.91. The first-order valence-corrected chi connectivity index (χ1v) is 6.65. The number of benzene rings is 2. The summed E-state index contributed by atoms with van der Waals surface area (Å²) < 4.78 is 10.8. The summed E-state index contributed by atoms with van der Waals surface area (Å²) >= 11 is 0. The smallest absolute Gasteiger partial charge is 0.343 e. The van der Waals surface area contributed by atoms with Gasteiger partial charge in [-0.2, -0.15) is 0 Å². The van der Waals surface area contributed by atoms with E-state index >= 15 is 0 Å². The first-order valence-electron chi connectivity index (χ1n) is 6.65. The summed E-state index contributed by atoms with van der Waals surface area (Å²) in [5, 5.41) is 29.7. The van der Waals surface area contributed by atoms with Crippen LogP contribution in [0.5, 0.6) is 23.0 Å². The molecule has 2 aromatic carbocycles. The van der Waals surface area contributed by atoms with Crippen molar-refractivity contribution in [3.8, 4) is 23.0 Å². The van der Waals surface area contributed by atoms with Gasteiger partial charge < -0.3 is 19.7 Å². The molecule has 0 saturated carbocycles. The number of hydrogen-bond donors (Lipinski definition) is 2. The SMILES string of the molecule is CCOc1c(Oc2ccc(C(=O)O)cc2)ccc([O])c1C(=O)O. The van der Waals surface area contributed by atoms with Crippen molar-refractivity contribution in [3.05, 3.63) is 47.5 Å². The average Bonchev–Trinajstić information content (AvgIpc) is 2.50. The second kappa shape index (κ2) is 6.69. The molecule has 0 bridgehead atoms. The Hall–Kier alpha value is -3.22. The number of carboxylic acids is 2. The molecule has 0 aliphatic carbocycles. The molecule has 0 spiro atoms. The van der Waals surface area contributed by atoms with Crippen LogP contribution in [-0.4, -0.2) is 28.8 Å². The molecule has 2 N–H and O–H groups in total. The maximum atomic E-state index is 11.7. The van der Waals surface area contributed by atoms with Crippen molar-refractivity contribution in [1.29, 1.82) is 0 Å². The van der Waals surface area contributed by atoms with Crippen LogP contribution in [0.25, 0.3) is 0 Å². The van der Waals surface area contributed by atoms with E-state index in [9.17, 15) is 14.7 Å². The summed E-state index contributed by atoms with van der Waals surface area (Å²) in [6.07, 6.45) is 0. The first kappa shape index (κ1) is 16.2. The lowest BCUT2D eigenvalue weighted by atomic mass is 10.1. The average molecular weight is 317 g/mol. The third kappa shape index (κ3) is 3.52. The van der Waals surface area contributed by atoms with Crippen LogP contribution < -0.4 is 9.47 Å². The molecule has 2 rings (SSSR count). The molecular formula is C16H13O7. The maximum Gasteiger partial charge on any atom is 0.343 e. The van der Waals surface area contributed by atoms with Gasteiger partial charge in [0.25, 0.3) is 0 Å². The lowest BCUT2D eigenvalue weighted by molar-refractivity contribution is 0.0678. The van der Waals surface area contributed by atoms with Gasteiger partial charge >= 0.3 is 11.9 Å². The van der Waals surface area contributed by atoms with Gasteiger partial charge in [0.15, 0.2) is 22.8 Å². The summed E-state index contributed by atoms with van der Waals surface area (Å²) in [5.41, 5.74) is -0.421. The number of ether oxygens (including phenoxy) is 2. The van der Waals surface area contributed by atoms with E-state index in [0.717, 1.165) is 6.07 Å². The monoisotopic (exact) mass is 317 g/mol. The summed E-state index contributed by atoms with van der Waals surface area (Å²) in [7, 11) is 0. The molecule has 0 heterocycles. The van der Waals surface area contributed by atoms with Crippen molar-refractivity contribution in [2.24, 2.45) is 0 Å². The minimum Gasteiger partial charge on any atom is -0.489 e. The van der Waals surface area contributed by atoms with Crippen molar-refractivity contribution in [2.75, 3.05) is 6.61 Å². The highest BCUT2D eigenvalue weighted by Crippen LogP contribution is 2.39. The Morgan fingerprint density at radius 2 is 1.65 bits per heavy atom. The first-order chi connectivity index (χ1) is 10.9. The van der Waals surface area contributed by atoms with Crippen LogP contribution in [0.3, 0.4) is 0 Å². The van der Waals surface area contributed by atoms with E-state index in [-0.39, 0.29) is 29.4 Å². The molecule has 0 fully saturated rings. The molecule has 119 valence electrons. The maximum absolute atomic E-state index is 11.7. The predicted octanol–water partition coefficient (Wildman–Crippen LogP) is 3.42. The van der Waals surface area contributed by atoms with Gasteiger partial charge in [-0.15, -0.1) is 0 Å². The molecule has 0 saturated heterocycles. The van der Waals surface area contributed by atoms with Crippen LogP contribution in [0, 0.1) is 0 Å². The normalized spacial score (nSPS) is 10.1. The third-order valence-corrected chi connectivity index (χ3v) is 2.91. The fraction of sp³-hybridized carbons (Fsp3) is 0.125. The van der Waals surface area contributed by atoms with Gasteiger partial charge in [-0.1, -0.05) is 0 Å². The second-order valence-corrected chi connectivity index (χ2v) is 4.44. The lowest BCUT2D eigenvalue weighted by Gasteiger charge is -2.14. The Balaban J connectivity index is 2.40. The number of carboxylic acid groups (broad SMARTS) is 2. The molecule has 0 aliphatic rings.